The Morgan fingerprint density at radius 3 is 1.09 bits per heavy atom. The summed E-state index contributed by atoms with van der Waals surface area (Å²) in [4.78, 5) is 3.24. The lowest BCUT2D eigenvalue weighted by Gasteiger charge is -2.46. The van der Waals surface area contributed by atoms with Crippen LogP contribution in [-0.4, -0.2) is 23.0 Å². The fourth-order valence-corrected chi connectivity index (χ4v) is 8.33. The molecule has 206 valence electrons. The average molecular weight is 488 g/mol. The van der Waals surface area contributed by atoms with Crippen LogP contribution in [0, 0.1) is 22.7 Å². The molecule has 0 aliphatic heterocycles. The molecular weight excluding hydrogens is 422 g/mol. The summed E-state index contributed by atoms with van der Waals surface area (Å²) >= 11 is 0. The zero-order valence-corrected chi connectivity index (χ0v) is 25.2. The number of nitrogens with zero attached hydrogens (tertiary/aromatic N) is 1. The third kappa shape index (κ3) is 8.48. The number of hydrogen-bond donors (Lipinski definition) is 0. The van der Waals surface area contributed by atoms with Crippen LogP contribution >= 0.6 is 0 Å². The molecule has 3 aliphatic carbocycles. The van der Waals surface area contributed by atoms with E-state index in [1.165, 1.54) is 135 Å². The van der Waals surface area contributed by atoms with Crippen molar-refractivity contribution in [2.45, 2.75) is 195 Å². The van der Waals surface area contributed by atoms with E-state index >= 15 is 0 Å². The van der Waals surface area contributed by atoms with Crippen molar-refractivity contribution in [2.75, 3.05) is 0 Å². The predicted molar refractivity (Wildman–Crippen MR) is 156 cm³/mol. The summed E-state index contributed by atoms with van der Waals surface area (Å²) in [6, 6.07) is 2.63. The molecule has 0 aromatic carbocycles. The highest BCUT2D eigenvalue weighted by atomic mass is 15.2. The third-order valence-corrected chi connectivity index (χ3v) is 11.7. The summed E-state index contributed by atoms with van der Waals surface area (Å²) in [6.45, 7) is 15.0. The molecule has 0 N–H and O–H groups in total. The van der Waals surface area contributed by atoms with Gasteiger partial charge in [0.15, 0.2) is 0 Å². The van der Waals surface area contributed by atoms with Crippen LogP contribution in [0.2, 0.25) is 0 Å². The van der Waals surface area contributed by atoms with Crippen molar-refractivity contribution in [3.05, 3.63) is 0 Å². The SMILES string of the molecule is CCC(C)(C)C1CCCCC(N(C2CCCCCC2)C2CCCC(C(C)(C)CC)CCC2)CCC1. The summed E-state index contributed by atoms with van der Waals surface area (Å²) < 4.78 is 0. The summed E-state index contributed by atoms with van der Waals surface area (Å²) in [7, 11) is 0. The van der Waals surface area contributed by atoms with Gasteiger partial charge in [0.05, 0.1) is 0 Å². The van der Waals surface area contributed by atoms with Gasteiger partial charge in [-0.05, 0) is 86.9 Å². The molecular formula is C34H65N. The molecule has 0 aromatic rings. The maximum atomic E-state index is 3.24. The summed E-state index contributed by atoms with van der Waals surface area (Å²) in [6.07, 6.45) is 30.8. The van der Waals surface area contributed by atoms with Crippen LogP contribution in [0.1, 0.15) is 176 Å². The van der Waals surface area contributed by atoms with Gasteiger partial charge >= 0.3 is 0 Å². The molecule has 0 heterocycles. The molecule has 1 heteroatoms. The molecule has 0 amide bonds. The van der Waals surface area contributed by atoms with E-state index < -0.39 is 0 Å². The van der Waals surface area contributed by atoms with Crippen LogP contribution < -0.4 is 0 Å². The monoisotopic (exact) mass is 488 g/mol. The molecule has 3 rings (SSSR count). The van der Waals surface area contributed by atoms with Gasteiger partial charge in [-0.2, -0.15) is 0 Å². The standard InChI is InChI=1S/C34H65N/c1-7-33(3,4)28-18-13-14-24-31(25-15-19-28)35(30-22-11-9-10-12-23-30)32-26-16-20-29(21-17-27-32)34(5,6)8-2/h28-32H,7-27H2,1-6H3. The molecule has 2 atom stereocenters. The van der Waals surface area contributed by atoms with Crippen LogP contribution in [-0.2, 0) is 0 Å². The van der Waals surface area contributed by atoms with Crippen LogP contribution in [0.15, 0.2) is 0 Å². The fraction of sp³-hybridized carbons (Fsp3) is 1.00. The average Bonchev–Trinajstić information content (AvgIpc) is 3.02. The molecule has 35 heavy (non-hydrogen) atoms. The quantitative estimate of drug-likeness (QED) is 0.323. The second-order valence-electron chi connectivity index (χ2n) is 14.6. The van der Waals surface area contributed by atoms with Crippen molar-refractivity contribution in [1.82, 2.24) is 4.90 Å². The van der Waals surface area contributed by atoms with Crippen molar-refractivity contribution in [3.63, 3.8) is 0 Å². The molecule has 1 nitrogen and oxygen atoms in total. The zero-order valence-electron chi connectivity index (χ0n) is 25.2. The first-order valence-electron chi connectivity index (χ1n) is 16.6. The Bertz CT molecular complexity index is 559. The molecule has 3 saturated carbocycles. The highest BCUT2D eigenvalue weighted by Gasteiger charge is 2.36. The minimum atomic E-state index is 0.531. The minimum absolute atomic E-state index is 0.531. The Balaban J connectivity index is 1.72. The van der Waals surface area contributed by atoms with Gasteiger partial charge in [0.25, 0.3) is 0 Å². The maximum Gasteiger partial charge on any atom is 0.0101 e. The van der Waals surface area contributed by atoms with E-state index in [4.69, 9.17) is 0 Å². The van der Waals surface area contributed by atoms with E-state index in [0.29, 0.717) is 10.8 Å². The fourth-order valence-electron chi connectivity index (χ4n) is 8.33. The Kier molecular flexibility index (Phi) is 12.0. The van der Waals surface area contributed by atoms with Gasteiger partial charge in [-0.3, -0.25) is 4.90 Å². The van der Waals surface area contributed by atoms with Crippen LogP contribution in [0.5, 0.6) is 0 Å². The van der Waals surface area contributed by atoms with Crippen molar-refractivity contribution in [1.29, 1.82) is 0 Å². The van der Waals surface area contributed by atoms with Crippen molar-refractivity contribution < 1.29 is 0 Å². The first-order valence-corrected chi connectivity index (χ1v) is 16.6. The first-order chi connectivity index (χ1) is 16.8. The topological polar surface area (TPSA) is 3.24 Å². The first kappa shape index (κ1) is 29.5. The molecule has 0 spiro atoms. The van der Waals surface area contributed by atoms with Crippen molar-refractivity contribution >= 4 is 0 Å². The Hall–Kier alpha value is -0.0400. The highest BCUT2D eigenvalue weighted by molar-refractivity contribution is 4.90. The summed E-state index contributed by atoms with van der Waals surface area (Å²) in [5.74, 6) is 1.89. The predicted octanol–water partition coefficient (Wildman–Crippen LogP) is 11.0. The van der Waals surface area contributed by atoms with Gasteiger partial charge in [-0.1, -0.05) is 112 Å². The van der Waals surface area contributed by atoms with Gasteiger partial charge in [-0.15, -0.1) is 0 Å². The zero-order chi connectivity index (χ0) is 25.3. The van der Waals surface area contributed by atoms with Gasteiger partial charge < -0.3 is 0 Å². The molecule has 0 saturated heterocycles. The van der Waals surface area contributed by atoms with Crippen LogP contribution in [0.25, 0.3) is 0 Å². The molecule has 0 radical (unpaired) electrons. The summed E-state index contributed by atoms with van der Waals surface area (Å²) in [5, 5.41) is 0. The molecule has 2 unspecified atom stereocenters. The number of hydrogen-bond acceptors (Lipinski definition) is 1. The minimum Gasteiger partial charge on any atom is -0.294 e. The number of rotatable bonds is 7. The van der Waals surface area contributed by atoms with Crippen molar-refractivity contribution in [3.8, 4) is 0 Å². The van der Waals surface area contributed by atoms with E-state index in [0.717, 1.165) is 30.0 Å². The van der Waals surface area contributed by atoms with Gasteiger partial charge in [0.1, 0.15) is 0 Å². The normalized spacial score (nSPS) is 31.6. The van der Waals surface area contributed by atoms with Crippen molar-refractivity contribution in [2.24, 2.45) is 22.7 Å². The molecule has 3 aliphatic rings. The molecule has 0 bridgehead atoms. The molecule has 0 aromatic heterocycles. The second kappa shape index (κ2) is 14.2. The third-order valence-electron chi connectivity index (χ3n) is 11.7. The van der Waals surface area contributed by atoms with E-state index in [2.05, 4.69) is 46.4 Å². The lowest BCUT2D eigenvalue weighted by molar-refractivity contribution is 0.0355. The lowest BCUT2D eigenvalue weighted by Crippen LogP contribution is -2.50. The van der Waals surface area contributed by atoms with Crippen LogP contribution in [0.4, 0.5) is 0 Å². The maximum absolute atomic E-state index is 3.24. The lowest BCUT2D eigenvalue weighted by atomic mass is 9.70. The van der Waals surface area contributed by atoms with Gasteiger partial charge in [-0.25, -0.2) is 0 Å². The van der Waals surface area contributed by atoms with E-state index in [9.17, 15) is 0 Å². The summed E-state index contributed by atoms with van der Waals surface area (Å²) in [5.41, 5.74) is 1.07. The largest absolute Gasteiger partial charge is 0.294 e. The van der Waals surface area contributed by atoms with Gasteiger partial charge in [0.2, 0.25) is 0 Å². The van der Waals surface area contributed by atoms with E-state index in [-0.39, 0.29) is 0 Å². The van der Waals surface area contributed by atoms with Crippen LogP contribution in [0.3, 0.4) is 0 Å². The smallest absolute Gasteiger partial charge is 0.0101 e. The molecule has 3 fully saturated rings. The Labute approximate surface area is 222 Å². The second-order valence-corrected chi connectivity index (χ2v) is 14.6. The highest BCUT2D eigenvalue weighted by Crippen LogP contribution is 2.42. The Morgan fingerprint density at radius 1 is 0.429 bits per heavy atom. The Morgan fingerprint density at radius 2 is 0.714 bits per heavy atom. The van der Waals surface area contributed by atoms with Gasteiger partial charge in [0, 0.05) is 18.1 Å². The van der Waals surface area contributed by atoms with E-state index in [1.54, 1.807) is 0 Å². The van der Waals surface area contributed by atoms with E-state index in [1.807, 2.05) is 0 Å².